The van der Waals surface area contributed by atoms with Gasteiger partial charge in [-0.1, -0.05) is 24.3 Å². The van der Waals surface area contributed by atoms with Gasteiger partial charge in [-0.2, -0.15) is 13.2 Å². The Morgan fingerprint density at radius 2 is 1.69 bits per heavy atom. The van der Waals surface area contributed by atoms with Crippen molar-refractivity contribution in [2.24, 2.45) is 0 Å². The van der Waals surface area contributed by atoms with Gasteiger partial charge in [0.05, 0.1) is 5.56 Å². The van der Waals surface area contributed by atoms with Crippen molar-refractivity contribution >= 4 is 0 Å². The molecule has 0 saturated carbocycles. The molecular weight excluding hydrogens is 471 g/mol. The molecule has 1 fully saturated rings. The summed E-state index contributed by atoms with van der Waals surface area (Å²) in [4.78, 5) is 16.1. The van der Waals surface area contributed by atoms with Crippen LogP contribution in [0.15, 0.2) is 53.3 Å². The van der Waals surface area contributed by atoms with Gasteiger partial charge in [-0.25, -0.2) is 8.78 Å². The number of aromatic amines is 1. The molecule has 3 heterocycles. The number of rotatable bonds is 4. The summed E-state index contributed by atoms with van der Waals surface area (Å²) in [5, 5.41) is 9.78. The highest BCUT2D eigenvalue weighted by Crippen LogP contribution is 2.41. The number of aliphatic hydroxyl groups is 1. The lowest BCUT2D eigenvalue weighted by Crippen LogP contribution is -2.64. The fourth-order valence-corrected chi connectivity index (χ4v) is 4.75. The number of hydrogen-bond acceptors (Lipinski definition) is 4. The first-order valence-corrected chi connectivity index (χ1v) is 10.9. The molecule has 1 spiro atoms. The molecule has 184 valence electrons. The minimum Gasteiger partial charge on any atom is -0.469 e. The Morgan fingerprint density at radius 3 is 2.29 bits per heavy atom. The molecule has 10 heteroatoms. The number of aromatic nitrogens is 1. The zero-order chi connectivity index (χ0) is 25.2. The Kier molecular flexibility index (Phi) is 5.30. The van der Waals surface area contributed by atoms with E-state index in [1.165, 1.54) is 18.2 Å². The topological polar surface area (TPSA) is 65.6 Å². The van der Waals surface area contributed by atoms with Crippen LogP contribution in [0.4, 0.5) is 22.0 Å². The largest absolute Gasteiger partial charge is 0.469 e. The second-order valence-electron chi connectivity index (χ2n) is 9.37. The number of pyridine rings is 1. The maximum Gasteiger partial charge on any atom is 0.421 e. The van der Waals surface area contributed by atoms with Crippen LogP contribution in [0.2, 0.25) is 0 Å². The van der Waals surface area contributed by atoms with Crippen molar-refractivity contribution in [3.8, 4) is 17.0 Å². The first kappa shape index (κ1) is 23.5. The number of likely N-dealkylation sites (tertiary alicyclic amines) is 1. The van der Waals surface area contributed by atoms with Gasteiger partial charge in [-0.3, -0.25) is 14.7 Å². The zero-order valence-corrected chi connectivity index (χ0v) is 18.5. The summed E-state index contributed by atoms with van der Waals surface area (Å²) in [5.41, 5.74) is -3.22. The molecule has 5 nitrogen and oxygen atoms in total. The van der Waals surface area contributed by atoms with E-state index in [9.17, 15) is 31.9 Å². The lowest BCUT2D eigenvalue weighted by Gasteiger charge is -2.46. The van der Waals surface area contributed by atoms with Crippen molar-refractivity contribution in [1.82, 2.24) is 9.88 Å². The fraction of sp³-hybridized carbons (Fsp3) is 0.320. The number of hydrogen-bond donors (Lipinski definition) is 2. The Labute approximate surface area is 196 Å². The third kappa shape index (κ3) is 4.10. The van der Waals surface area contributed by atoms with Gasteiger partial charge in [0.1, 0.15) is 17.2 Å². The predicted octanol–water partition coefficient (Wildman–Crippen LogP) is 4.28. The van der Waals surface area contributed by atoms with Crippen molar-refractivity contribution in [2.45, 2.75) is 37.3 Å². The highest BCUT2D eigenvalue weighted by molar-refractivity contribution is 5.66. The molecule has 5 rings (SSSR count). The van der Waals surface area contributed by atoms with E-state index in [-0.39, 0.29) is 23.2 Å². The molecular formula is C25H21F5N2O3. The molecule has 1 aromatic heterocycles. The monoisotopic (exact) mass is 492 g/mol. The van der Waals surface area contributed by atoms with Crippen LogP contribution < -0.4 is 10.3 Å². The predicted molar refractivity (Wildman–Crippen MR) is 117 cm³/mol. The van der Waals surface area contributed by atoms with Gasteiger partial charge in [0.15, 0.2) is 11.5 Å². The summed E-state index contributed by atoms with van der Waals surface area (Å²) in [6.07, 6.45) is -4.26. The number of fused-ring (bicyclic) bond motifs is 1. The number of ether oxygens (including phenoxy) is 1. The summed E-state index contributed by atoms with van der Waals surface area (Å²) in [6, 6.07) is 9.87. The van der Waals surface area contributed by atoms with Crippen LogP contribution in [0.25, 0.3) is 11.1 Å². The Bertz CT molecular complexity index is 1320. The van der Waals surface area contributed by atoms with Gasteiger partial charge < -0.3 is 9.84 Å². The molecule has 3 aromatic rings. The molecule has 1 atom stereocenters. The number of H-pyrrole nitrogens is 1. The van der Waals surface area contributed by atoms with Gasteiger partial charge in [0.2, 0.25) is 0 Å². The molecule has 2 aromatic carbocycles. The van der Waals surface area contributed by atoms with E-state index >= 15 is 0 Å². The summed E-state index contributed by atoms with van der Waals surface area (Å²) in [7, 11) is 0. The van der Waals surface area contributed by atoms with E-state index in [0.717, 1.165) is 29.8 Å². The van der Waals surface area contributed by atoms with Crippen molar-refractivity contribution in [3.63, 3.8) is 0 Å². The van der Waals surface area contributed by atoms with Gasteiger partial charge in [-0.15, -0.1) is 0 Å². The maximum atomic E-state index is 14.9. The number of nitrogens with zero attached hydrogens (tertiary/aromatic N) is 1. The Hall–Kier alpha value is -3.24. The van der Waals surface area contributed by atoms with Gasteiger partial charge >= 0.3 is 6.18 Å². The highest BCUT2D eigenvalue weighted by atomic mass is 19.4. The lowest BCUT2D eigenvalue weighted by molar-refractivity contribution is -0.258. The zero-order valence-electron chi connectivity index (χ0n) is 18.5. The average molecular weight is 492 g/mol. The number of benzene rings is 2. The molecule has 1 unspecified atom stereocenters. The fourth-order valence-electron chi connectivity index (χ4n) is 4.75. The normalized spacial score (nSPS) is 18.6. The summed E-state index contributed by atoms with van der Waals surface area (Å²) >= 11 is 0. The second-order valence-corrected chi connectivity index (χ2v) is 9.37. The van der Waals surface area contributed by atoms with Crippen molar-refractivity contribution < 1.29 is 31.8 Å². The molecule has 0 amide bonds. The van der Waals surface area contributed by atoms with Crippen molar-refractivity contribution in [3.05, 3.63) is 87.2 Å². The SMILES string of the molecule is CC(O)(c1ccc(-c2c(F)cc(CN3CC4(Cc5ccc(=O)[nH]c5O4)C3)cc2F)cc1)C(F)(F)F. The van der Waals surface area contributed by atoms with Crippen LogP contribution >= 0.6 is 0 Å². The second kappa shape index (κ2) is 7.89. The lowest BCUT2D eigenvalue weighted by atomic mass is 9.88. The first-order chi connectivity index (χ1) is 16.4. The Balaban J connectivity index is 1.28. The number of nitrogens with one attached hydrogen (secondary N) is 1. The minimum absolute atomic E-state index is 0.0577. The van der Waals surface area contributed by atoms with Crippen LogP contribution in [-0.4, -0.2) is 39.9 Å². The van der Waals surface area contributed by atoms with Crippen LogP contribution in [0.1, 0.15) is 23.6 Å². The molecule has 2 N–H and O–H groups in total. The smallest absolute Gasteiger partial charge is 0.421 e. The third-order valence-electron chi connectivity index (χ3n) is 6.61. The standard InChI is InChI=1S/C25H21F5N2O3/c1-23(34,25(28,29)30)17-5-2-15(3-6-17)21-18(26)8-14(9-19(21)27)11-32-12-24(13-32)10-16-4-7-20(33)31-22(16)35-24/h2-9,34H,10-13H2,1H3,(H,31,33). The third-order valence-corrected chi connectivity index (χ3v) is 6.61. The molecule has 1 saturated heterocycles. The number of alkyl halides is 3. The van der Waals surface area contributed by atoms with Crippen molar-refractivity contribution in [2.75, 3.05) is 13.1 Å². The van der Waals surface area contributed by atoms with E-state index < -0.39 is 34.6 Å². The van der Waals surface area contributed by atoms with E-state index in [1.807, 2.05) is 4.90 Å². The quantitative estimate of drug-likeness (QED) is 0.534. The first-order valence-electron chi connectivity index (χ1n) is 10.9. The molecule has 2 aliphatic heterocycles. The van der Waals surface area contributed by atoms with Gasteiger partial charge in [0.25, 0.3) is 5.56 Å². The van der Waals surface area contributed by atoms with Gasteiger partial charge in [0, 0.05) is 37.7 Å². The van der Waals surface area contributed by atoms with Crippen molar-refractivity contribution in [1.29, 1.82) is 0 Å². The summed E-state index contributed by atoms with van der Waals surface area (Å²) in [5.74, 6) is -1.22. The maximum absolute atomic E-state index is 14.9. The minimum atomic E-state index is -4.90. The van der Waals surface area contributed by atoms with E-state index in [4.69, 9.17) is 4.74 Å². The van der Waals surface area contributed by atoms with Crippen LogP contribution in [0, 0.1) is 11.6 Å². The Morgan fingerprint density at radius 1 is 1.06 bits per heavy atom. The number of halogens is 5. The average Bonchev–Trinajstić information content (AvgIpc) is 3.11. The molecule has 0 aliphatic carbocycles. The molecule has 0 radical (unpaired) electrons. The van der Waals surface area contributed by atoms with Gasteiger partial charge in [-0.05, 0) is 41.8 Å². The van der Waals surface area contributed by atoms with E-state index in [0.29, 0.717) is 37.9 Å². The highest BCUT2D eigenvalue weighted by Gasteiger charge is 2.51. The van der Waals surface area contributed by atoms with Crippen LogP contribution in [-0.2, 0) is 18.6 Å². The van der Waals surface area contributed by atoms with E-state index in [2.05, 4.69) is 4.98 Å². The molecule has 35 heavy (non-hydrogen) atoms. The molecule has 2 aliphatic rings. The summed E-state index contributed by atoms with van der Waals surface area (Å²) < 4.78 is 74.8. The molecule has 0 bridgehead atoms. The van der Waals surface area contributed by atoms with Crippen LogP contribution in [0.5, 0.6) is 5.88 Å². The van der Waals surface area contributed by atoms with E-state index in [1.54, 1.807) is 6.07 Å². The van der Waals surface area contributed by atoms with Crippen LogP contribution in [0.3, 0.4) is 0 Å². The summed E-state index contributed by atoms with van der Waals surface area (Å²) in [6.45, 7) is 1.94.